The Bertz CT molecular complexity index is 931. The summed E-state index contributed by atoms with van der Waals surface area (Å²) in [6, 6.07) is -0.762. The number of carbonyl (C=O) groups excluding carboxylic acids is 1. The second-order valence-corrected chi connectivity index (χ2v) is 18.5. The molecule has 3 unspecified atom stereocenters. The van der Waals surface area contributed by atoms with Gasteiger partial charge in [0.15, 0.2) is 0 Å². The molecule has 0 aliphatic heterocycles. The van der Waals surface area contributed by atoms with E-state index in [2.05, 4.69) is 43.5 Å². The lowest BCUT2D eigenvalue weighted by molar-refractivity contribution is -0.124. The number of aliphatic hydroxyl groups excluding tert-OH is 3. The van der Waals surface area contributed by atoms with E-state index in [4.69, 9.17) is 0 Å². The van der Waals surface area contributed by atoms with E-state index in [0.29, 0.717) is 6.42 Å². The highest BCUT2D eigenvalue weighted by atomic mass is 16.3. The average Bonchev–Trinajstić information content (AvgIpc) is 3.24. The van der Waals surface area contributed by atoms with E-state index < -0.39 is 18.2 Å². The highest BCUT2D eigenvalue weighted by molar-refractivity contribution is 5.76. The van der Waals surface area contributed by atoms with Crippen LogP contribution in [0.5, 0.6) is 0 Å². The van der Waals surface area contributed by atoms with Crippen molar-refractivity contribution in [3.63, 3.8) is 0 Å². The number of rotatable bonds is 49. The highest BCUT2D eigenvalue weighted by Gasteiger charge is 2.20. The van der Waals surface area contributed by atoms with Gasteiger partial charge in [-0.05, 0) is 57.8 Å². The molecule has 0 fully saturated rings. The van der Waals surface area contributed by atoms with Crippen molar-refractivity contribution in [3.05, 3.63) is 36.5 Å². The third-order valence-electron chi connectivity index (χ3n) is 12.4. The van der Waals surface area contributed by atoms with Crippen molar-refractivity contribution in [2.24, 2.45) is 0 Å². The van der Waals surface area contributed by atoms with Gasteiger partial charge < -0.3 is 20.6 Å². The minimum atomic E-state index is -0.953. The van der Waals surface area contributed by atoms with Gasteiger partial charge in [-0.1, -0.05) is 256 Å². The van der Waals surface area contributed by atoms with E-state index in [1.54, 1.807) is 6.08 Å². The Morgan fingerprint density at radius 3 is 1.07 bits per heavy atom. The molecule has 0 aliphatic rings. The topological polar surface area (TPSA) is 89.8 Å². The Labute approximate surface area is 374 Å². The van der Waals surface area contributed by atoms with Crippen LogP contribution in [0.3, 0.4) is 0 Å². The zero-order chi connectivity index (χ0) is 43.7. The molecular weight excluding hydrogens is 739 g/mol. The molecule has 0 radical (unpaired) electrons. The Hall–Kier alpha value is -1.43. The Kier molecular flexibility index (Phi) is 49.0. The van der Waals surface area contributed by atoms with E-state index in [1.807, 2.05) is 6.08 Å². The van der Waals surface area contributed by atoms with Crippen LogP contribution >= 0.6 is 0 Å². The molecule has 0 rings (SSSR count). The fourth-order valence-electron chi connectivity index (χ4n) is 8.29. The number of aliphatic hydroxyl groups is 3. The predicted molar refractivity (Wildman–Crippen MR) is 264 cm³/mol. The number of hydrogen-bond donors (Lipinski definition) is 4. The van der Waals surface area contributed by atoms with Crippen molar-refractivity contribution < 1.29 is 20.1 Å². The van der Waals surface area contributed by atoms with Crippen molar-refractivity contribution in [1.29, 1.82) is 0 Å². The molecule has 3 atom stereocenters. The van der Waals surface area contributed by atoms with Gasteiger partial charge in [-0.3, -0.25) is 4.79 Å². The first-order valence-electron chi connectivity index (χ1n) is 26.8. The molecule has 60 heavy (non-hydrogen) atoms. The van der Waals surface area contributed by atoms with Crippen LogP contribution in [0.4, 0.5) is 0 Å². The second-order valence-electron chi connectivity index (χ2n) is 18.5. The van der Waals surface area contributed by atoms with Gasteiger partial charge in [-0.15, -0.1) is 0 Å². The van der Waals surface area contributed by atoms with Crippen molar-refractivity contribution in [2.75, 3.05) is 6.61 Å². The average molecular weight is 844 g/mol. The van der Waals surface area contributed by atoms with Crippen molar-refractivity contribution in [3.8, 4) is 0 Å². The minimum Gasteiger partial charge on any atom is -0.394 e. The Morgan fingerprint density at radius 1 is 0.417 bits per heavy atom. The van der Waals surface area contributed by atoms with E-state index >= 15 is 0 Å². The molecule has 0 aromatic rings. The quantitative estimate of drug-likeness (QED) is 0.0363. The van der Waals surface area contributed by atoms with Crippen LogP contribution < -0.4 is 5.32 Å². The Morgan fingerprint density at radius 2 is 0.717 bits per heavy atom. The standard InChI is InChI=1S/C55H105NO4/c1-3-5-7-9-11-13-15-17-19-21-23-25-26-27-29-30-32-34-36-38-40-42-44-46-48-52(58)50-55(60)56-53(51-57)54(59)49-47-45-43-41-39-37-35-33-31-28-24-22-20-18-16-14-12-10-8-6-4-2/h27,29,39,41,47,49,52-54,57-59H,3-26,28,30-38,40,42-46,48,50-51H2,1-2H3,(H,56,60)/b29-27-,41-39+,49-47+. The van der Waals surface area contributed by atoms with Gasteiger partial charge in [-0.2, -0.15) is 0 Å². The Balaban J connectivity index is 3.63. The van der Waals surface area contributed by atoms with E-state index in [0.717, 1.165) is 32.1 Å². The summed E-state index contributed by atoms with van der Waals surface area (Å²) in [6.07, 6.45) is 64.6. The molecule has 0 heterocycles. The summed E-state index contributed by atoms with van der Waals surface area (Å²) in [5.74, 6) is -0.324. The molecule has 0 saturated heterocycles. The SMILES string of the molecule is CCCCCCCCCCCCCC/C=C\CCCCCCCCCCC(O)CC(=O)NC(CO)C(O)/C=C/CC/C=C/CCCCCCCCCCCCCCCCC. The van der Waals surface area contributed by atoms with Gasteiger partial charge in [-0.25, -0.2) is 0 Å². The number of carbonyl (C=O) groups is 1. The van der Waals surface area contributed by atoms with Crippen LogP contribution in [0.1, 0.15) is 284 Å². The number of amides is 1. The molecule has 0 aromatic heterocycles. The number of unbranched alkanes of at least 4 members (excludes halogenated alkanes) is 36. The van der Waals surface area contributed by atoms with Crippen LogP contribution in [0.15, 0.2) is 36.5 Å². The van der Waals surface area contributed by atoms with Crippen molar-refractivity contribution in [1.82, 2.24) is 5.32 Å². The second kappa shape index (κ2) is 50.2. The van der Waals surface area contributed by atoms with E-state index in [9.17, 15) is 20.1 Å². The monoisotopic (exact) mass is 844 g/mol. The summed E-state index contributed by atoms with van der Waals surface area (Å²) in [7, 11) is 0. The van der Waals surface area contributed by atoms with Crippen LogP contribution in [0.2, 0.25) is 0 Å². The van der Waals surface area contributed by atoms with Crippen LogP contribution in [0.25, 0.3) is 0 Å². The van der Waals surface area contributed by atoms with E-state index in [-0.39, 0.29) is 18.9 Å². The number of hydrogen-bond acceptors (Lipinski definition) is 4. The van der Waals surface area contributed by atoms with Crippen molar-refractivity contribution in [2.45, 2.75) is 302 Å². The molecule has 0 aromatic carbocycles. The first-order chi connectivity index (χ1) is 29.5. The molecule has 0 spiro atoms. The van der Waals surface area contributed by atoms with Gasteiger partial charge in [0.2, 0.25) is 5.91 Å². The van der Waals surface area contributed by atoms with Gasteiger partial charge in [0, 0.05) is 0 Å². The largest absolute Gasteiger partial charge is 0.394 e. The van der Waals surface area contributed by atoms with Crippen LogP contribution in [-0.2, 0) is 4.79 Å². The molecule has 5 nitrogen and oxygen atoms in total. The summed E-state index contributed by atoms with van der Waals surface area (Å²) >= 11 is 0. The van der Waals surface area contributed by atoms with Gasteiger partial charge >= 0.3 is 0 Å². The maximum atomic E-state index is 12.5. The molecule has 354 valence electrons. The van der Waals surface area contributed by atoms with Gasteiger partial charge in [0.1, 0.15) is 0 Å². The van der Waals surface area contributed by atoms with Gasteiger partial charge in [0.25, 0.3) is 0 Å². The van der Waals surface area contributed by atoms with Gasteiger partial charge in [0.05, 0.1) is 31.3 Å². The first-order valence-corrected chi connectivity index (χ1v) is 26.8. The van der Waals surface area contributed by atoms with E-state index in [1.165, 1.54) is 225 Å². The fourth-order valence-corrected chi connectivity index (χ4v) is 8.29. The molecule has 5 heteroatoms. The lowest BCUT2D eigenvalue weighted by atomic mass is 10.0. The fraction of sp³-hybridized carbons (Fsp3) is 0.873. The highest BCUT2D eigenvalue weighted by Crippen LogP contribution is 2.16. The number of nitrogens with one attached hydrogen (secondary N) is 1. The van der Waals surface area contributed by atoms with Crippen molar-refractivity contribution >= 4 is 5.91 Å². The summed E-state index contributed by atoms with van der Waals surface area (Å²) in [6.45, 7) is 4.23. The third kappa shape index (κ3) is 46.1. The lowest BCUT2D eigenvalue weighted by Crippen LogP contribution is -2.45. The summed E-state index contributed by atoms with van der Waals surface area (Å²) < 4.78 is 0. The first kappa shape index (κ1) is 58.6. The molecule has 0 aliphatic carbocycles. The summed E-state index contributed by atoms with van der Waals surface area (Å²) in [4.78, 5) is 12.5. The molecule has 0 saturated carbocycles. The number of allylic oxidation sites excluding steroid dienone is 5. The maximum absolute atomic E-state index is 12.5. The molecular formula is C55H105NO4. The normalized spacial score (nSPS) is 13.6. The molecule has 4 N–H and O–H groups in total. The predicted octanol–water partition coefficient (Wildman–Crippen LogP) is 16.3. The molecule has 1 amide bonds. The molecule has 0 bridgehead atoms. The van der Waals surface area contributed by atoms with Crippen LogP contribution in [0, 0.1) is 0 Å². The smallest absolute Gasteiger partial charge is 0.222 e. The lowest BCUT2D eigenvalue weighted by Gasteiger charge is -2.21. The zero-order valence-electron chi connectivity index (χ0n) is 40.4. The summed E-state index contributed by atoms with van der Waals surface area (Å²) in [5.41, 5.74) is 0. The summed E-state index contributed by atoms with van der Waals surface area (Å²) in [5, 5.41) is 33.4. The third-order valence-corrected chi connectivity index (χ3v) is 12.4. The maximum Gasteiger partial charge on any atom is 0.222 e. The van der Waals surface area contributed by atoms with Crippen LogP contribution in [-0.4, -0.2) is 46.1 Å². The minimum absolute atomic E-state index is 0.00485. The zero-order valence-corrected chi connectivity index (χ0v) is 40.4.